The van der Waals surface area contributed by atoms with E-state index in [0.29, 0.717) is 0 Å². The van der Waals surface area contributed by atoms with Gasteiger partial charge in [0.2, 0.25) is 0 Å². The number of H-pyrrole nitrogens is 1. The molecule has 17 heavy (non-hydrogen) atoms. The number of rotatable bonds is 8. The fourth-order valence-corrected chi connectivity index (χ4v) is 1.87. The molecule has 0 bridgehead atoms. The van der Waals surface area contributed by atoms with Crippen molar-refractivity contribution in [1.29, 1.82) is 0 Å². The fourth-order valence-electron chi connectivity index (χ4n) is 1.87. The molecule has 0 aliphatic rings. The van der Waals surface area contributed by atoms with Gasteiger partial charge in [0, 0.05) is 17.9 Å². The van der Waals surface area contributed by atoms with Gasteiger partial charge in [-0.25, -0.2) is 9.78 Å². The van der Waals surface area contributed by atoms with E-state index in [-0.39, 0.29) is 6.04 Å². The van der Waals surface area contributed by atoms with E-state index >= 15 is 0 Å². The van der Waals surface area contributed by atoms with Crippen LogP contribution in [0, 0.1) is 0 Å². The van der Waals surface area contributed by atoms with Gasteiger partial charge in [0.15, 0.2) is 0 Å². The second kappa shape index (κ2) is 7.70. The summed E-state index contributed by atoms with van der Waals surface area (Å²) in [6.45, 7) is 2.11. The van der Waals surface area contributed by atoms with Crippen molar-refractivity contribution >= 4 is 6.09 Å². The Hall–Kier alpha value is -1.52. The Morgan fingerprint density at radius 3 is 2.88 bits per heavy atom. The Morgan fingerprint density at radius 1 is 1.53 bits per heavy atom. The first-order valence-corrected chi connectivity index (χ1v) is 6.19. The molecule has 0 aliphatic heterocycles. The maximum atomic E-state index is 10.6. The van der Waals surface area contributed by atoms with E-state index in [9.17, 15) is 4.79 Å². The first-order chi connectivity index (χ1) is 8.22. The maximum absolute atomic E-state index is 10.6. The number of amides is 1. The first kappa shape index (κ1) is 13.5. The lowest BCUT2D eigenvalue weighted by molar-refractivity contribution is 0.188. The summed E-state index contributed by atoms with van der Waals surface area (Å²) >= 11 is 0. The largest absolute Gasteiger partial charge is 0.465 e. The van der Waals surface area contributed by atoms with Crippen molar-refractivity contribution < 1.29 is 9.90 Å². The van der Waals surface area contributed by atoms with Gasteiger partial charge < -0.3 is 15.4 Å². The number of aromatic amines is 1. The summed E-state index contributed by atoms with van der Waals surface area (Å²) in [5.74, 6) is 0. The summed E-state index contributed by atoms with van der Waals surface area (Å²) in [4.78, 5) is 17.6. The lowest BCUT2D eigenvalue weighted by atomic mass is 10.0. The molecule has 1 heterocycles. The Labute approximate surface area is 102 Å². The zero-order valence-corrected chi connectivity index (χ0v) is 10.3. The number of nitrogens with one attached hydrogen (secondary N) is 2. The van der Waals surface area contributed by atoms with Crippen LogP contribution in [0.3, 0.4) is 0 Å². The fraction of sp³-hybridized carbons (Fsp3) is 0.667. The molecule has 0 aliphatic carbocycles. The van der Waals surface area contributed by atoms with Crippen LogP contribution in [-0.2, 0) is 6.42 Å². The van der Waals surface area contributed by atoms with Crippen molar-refractivity contribution in [2.75, 3.05) is 0 Å². The van der Waals surface area contributed by atoms with Crippen LogP contribution < -0.4 is 5.32 Å². The van der Waals surface area contributed by atoms with Crippen molar-refractivity contribution in [3.63, 3.8) is 0 Å². The average molecular weight is 239 g/mol. The summed E-state index contributed by atoms with van der Waals surface area (Å²) in [6.07, 6.45) is 8.41. The molecule has 1 aromatic heterocycles. The maximum Gasteiger partial charge on any atom is 0.404 e. The highest BCUT2D eigenvalue weighted by Gasteiger charge is 2.10. The average Bonchev–Trinajstić information content (AvgIpc) is 2.78. The third kappa shape index (κ3) is 5.94. The van der Waals surface area contributed by atoms with Crippen LogP contribution >= 0.6 is 0 Å². The molecule has 0 saturated heterocycles. The zero-order valence-electron chi connectivity index (χ0n) is 10.3. The van der Waals surface area contributed by atoms with Crippen LogP contribution in [0.15, 0.2) is 12.5 Å². The number of aromatic nitrogens is 2. The molecule has 0 saturated carbocycles. The molecule has 1 aromatic rings. The predicted octanol–water partition coefficient (Wildman–Crippen LogP) is 2.56. The molecule has 5 heteroatoms. The SMILES string of the molecule is CCCCC(CCCc1cnc[nH]1)NC(=O)O. The summed E-state index contributed by atoms with van der Waals surface area (Å²) in [5, 5.41) is 11.3. The molecule has 1 atom stereocenters. The summed E-state index contributed by atoms with van der Waals surface area (Å²) < 4.78 is 0. The Kier molecular flexibility index (Phi) is 6.14. The lowest BCUT2D eigenvalue weighted by Gasteiger charge is -2.16. The molecule has 3 N–H and O–H groups in total. The number of nitrogens with zero attached hydrogens (tertiary/aromatic N) is 1. The molecule has 1 rings (SSSR count). The van der Waals surface area contributed by atoms with Crippen LogP contribution in [0.2, 0.25) is 0 Å². The minimum absolute atomic E-state index is 0.0790. The Bertz CT molecular complexity index is 312. The number of carbonyl (C=O) groups is 1. The number of hydrogen-bond acceptors (Lipinski definition) is 2. The lowest BCUT2D eigenvalue weighted by Crippen LogP contribution is -2.33. The van der Waals surface area contributed by atoms with E-state index in [1.807, 2.05) is 6.20 Å². The molecular formula is C12H21N3O2. The summed E-state index contributed by atoms with van der Waals surface area (Å²) in [7, 11) is 0. The second-order valence-electron chi connectivity index (χ2n) is 4.26. The van der Waals surface area contributed by atoms with Gasteiger partial charge in [-0.05, 0) is 25.7 Å². The van der Waals surface area contributed by atoms with Crippen LogP contribution in [0.25, 0.3) is 0 Å². The molecule has 0 aromatic carbocycles. The van der Waals surface area contributed by atoms with Crippen LogP contribution in [0.4, 0.5) is 4.79 Å². The van der Waals surface area contributed by atoms with E-state index in [2.05, 4.69) is 22.2 Å². The van der Waals surface area contributed by atoms with Crippen molar-refractivity contribution in [1.82, 2.24) is 15.3 Å². The quantitative estimate of drug-likeness (QED) is 0.652. The molecule has 0 spiro atoms. The minimum atomic E-state index is -0.923. The topological polar surface area (TPSA) is 78.0 Å². The minimum Gasteiger partial charge on any atom is -0.465 e. The molecular weight excluding hydrogens is 218 g/mol. The molecule has 1 amide bonds. The van der Waals surface area contributed by atoms with E-state index < -0.39 is 6.09 Å². The smallest absolute Gasteiger partial charge is 0.404 e. The molecule has 0 fully saturated rings. The van der Waals surface area contributed by atoms with Crippen molar-refractivity contribution in [2.45, 2.75) is 51.5 Å². The number of aryl methyl sites for hydroxylation is 1. The van der Waals surface area contributed by atoms with Gasteiger partial charge in [-0.1, -0.05) is 19.8 Å². The van der Waals surface area contributed by atoms with Crippen LogP contribution in [-0.4, -0.2) is 27.2 Å². The first-order valence-electron chi connectivity index (χ1n) is 6.19. The third-order valence-corrected chi connectivity index (χ3v) is 2.79. The second-order valence-corrected chi connectivity index (χ2v) is 4.26. The summed E-state index contributed by atoms with van der Waals surface area (Å²) in [5.41, 5.74) is 1.11. The van der Waals surface area contributed by atoms with Crippen molar-refractivity contribution in [3.8, 4) is 0 Å². The van der Waals surface area contributed by atoms with Crippen molar-refractivity contribution in [3.05, 3.63) is 18.2 Å². The number of hydrogen-bond donors (Lipinski definition) is 3. The molecule has 0 radical (unpaired) electrons. The highest BCUT2D eigenvalue weighted by atomic mass is 16.4. The molecule has 96 valence electrons. The van der Waals surface area contributed by atoms with Crippen molar-refractivity contribution in [2.24, 2.45) is 0 Å². The number of carboxylic acid groups (broad SMARTS) is 1. The van der Waals surface area contributed by atoms with Gasteiger partial charge in [-0.15, -0.1) is 0 Å². The Morgan fingerprint density at radius 2 is 2.29 bits per heavy atom. The predicted molar refractivity (Wildman–Crippen MR) is 66.0 cm³/mol. The van der Waals surface area contributed by atoms with Gasteiger partial charge in [0.1, 0.15) is 0 Å². The molecule has 5 nitrogen and oxygen atoms in total. The number of imidazole rings is 1. The van der Waals surface area contributed by atoms with E-state index in [0.717, 1.165) is 44.2 Å². The van der Waals surface area contributed by atoms with Gasteiger partial charge >= 0.3 is 6.09 Å². The monoisotopic (exact) mass is 239 g/mol. The van der Waals surface area contributed by atoms with E-state index in [1.165, 1.54) is 0 Å². The highest BCUT2D eigenvalue weighted by Crippen LogP contribution is 2.09. The summed E-state index contributed by atoms with van der Waals surface area (Å²) in [6, 6.07) is 0.0790. The zero-order chi connectivity index (χ0) is 12.5. The van der Waals surface area contributed by atoms with Crippen LogP contribution in [0.1, 0.15) is 44.7 Å². The third-order valence-electron chi connectivity index (χ3n) is 2.79. The van der Waals surface area contributed by atoms with E-state index in [4.69, 9.17) is 5.11 Å². The standard InChI is InChI=1S/C12H21N3O2/c1-2-3-5-10(15-12(16)17)6-4-7-11-8-13-9-14-11/h8-10,15H,2-7H2,1H3,(H,13,14)(H,16,17). The Balaban J connectivity index is 2.24. The normalized spacial score (nSPS) is 12.3. The van der Waals surface area contributed by atoms with Gasteiger partial charge in [0.05, 0.1) is 6.33 Å². The van der Waals surface area contributed by atoms with E-state index in [1.54, 1.807) is 6.33 Å². The number of unbranched alkanes of at least 4 members (excludes halogenated alkanes) is 1. The van der Waals surface area contributed by atoms with Crippen LogP contribution in [0.5, 0.6) is 0 Å². The molecule has 1 unspecified atom stereocenters. The van der Waals surface area contributed by atoms with Gasteiger partial charge in [0.25, 0.3) is 0 Å². The van der Waals surface area contributed by atoms with Gasteiger partial charge in [-0.2, -0.15) is 0 Å². The highest BCUT2D eigenvalue weighted by molar-refractivity contribution is 5.64. The van der Waals surface area contributed by atoms with Gasteiger partial charge in [-0.3, -0.25) is 0 Å².